The second-order valence-electron chi connectivity index (χ2n) is 4.06. The lowest BCUT2D eigenvalue weighted by Crippen LogP contribution is -2.15. The lowest BCUT2D eigenvalue weighted by Gasteiger charge is -2.22. The second-order valence-corrected chi connectivity index (χ2v) is 4.06. The lowest BCUT2D eigenvalue weighted by atomic mass is 9.83. The number of nitrogens with zero attached hydrogens (tertiary/aromatic N) is 1. The van der Waals surface area contributed by atoms with Crippen molar-refractivity contribution in [1.29, 1.82) is 0 Å². The number of hydrogen-bond acceptors (Lipinski definition) is 2. The molecular weight excluding hydrogens is 174 g/mol. The van der Waals surface area contributed by atoms with E-state index >= 15 is 0 Å². The van der Waals surface area contributed by atoms with Gasteiger partial charge in [0.15, 0.2) is 0 Å². The minimum atomic E-state index is 0.206. The average Bonchev–Trinajstić information content (AvgIpc) is 2.19. The molecule has 0 saturated heterocycles. The summed E-state index contributed by atoms with van der Waals surface area (Å²) in [5.41, 5.74) is 1.47. The standard InChI is InChI=1S/C12H19NO/c1-5-12(3,4)10-7-8-11(13-9-10)14-6-2/h7-9H,5-6H2,1-4H3. The van der Waals surface area contributed by atoms with Crippen LogP contribution in [0.5, 0.6) is 5.88 Å². The molecule has 14 heavy (non-hydrogen) atoms. The van der Waals surface area contributed by atoms with Gasteiger partial charge in [-0.2, -0.15) is 0 Å². The number of hydrogen-bond donors (Lipinski definition) is 0. The molecule has 0 fully saturated rings. The Kier molecular flexibility index (Phi) is 3.50. The van der Waals surface area contributed by atoms with Crippen molar-refractivity contribution in [2.45, 2.75) is 39.5 Å². The smallest absolute Gasteiger partial charge is 0.213 e. The van der Waals surface area contributed by atoms with Crippen LogP contribution in [0.4, 0.5) is 0 Å². The third-order valence-electron chi connectivity index (χ3n) is 2.69. The summed E-state index contributed by atoms with van der Waals surface area (Å²) in [5, 5.41) is 0. The van der Waals surface area contributed by atoms with Gasteiger partial charge in [-0.25, -0.2) is 4.98 Å². The fourth-order valence-electron chi connectivity index (χ4n) is 1.22. The minimum absolute atomic E-state index is 0.206. The summed E-state index contributed by atoms with van der Waals surface area (Å²) in [6, 6.07) is 4.04. The zero-order valence-electron chi connectivity index (χ0n) is 9.50. The Balaban J connectivity index is 2.82. The molecule has 0 unspecified atom stereocenters. The van der Waals surface area contributed by atoms with Crippen LogP contribution < -0.4 is 4.74 Å². The molecule has 1 aromatic heterocycles. The molecule has 0 radical (unpaired) electrons. The Bertz CT molecular complexity index is 277. The number of pyridine rings is 1. The Labute approximate surface area is 86.3 Å². The maximum absolute atomic E-state index is 5.30. The fourth-order valence-corrected chi connectivity index (χ4v) is 1.22. The van der Waals surface area contributed by atoms with Crippen molar-refractivity contribution in [3.8, 4) is 5.88 Å². The largest absolute Gasteiger partial charge is 0.478 e. The second kappa shape index (κ2) is 4.45. The summed E-state index contributed by atoms with van der Waals surface area (Å²) in [6.45, 7) is 9.28. The highest BCUT2D eigenvalue weighted by atomic mass is 16.5. The molecule has 0 aliphatic heterocycles. The minimum Gasteiger partial charge on any atom is -0.478 e. The SMILES string of the molecule is CCOc1ccc(C(C)(C)CC)cn1. The van der Waals surface area contributed by atoms with Gasteiger partial charge >= 0.3 is 0 Å². The van der Waals surface area contributed by atoms with Crippen molar-refractivity contribution in [2.75, 3.05) is 6.61 Å². The van der Waals surface area contributed by atoms with E-state index in [1.807, 2.05) is 19.2 Å². The zero-order chi connectivity index (χ0) is 10.6. The molecule has 0 saturated carbocycles. The molecule has 0 spiro atoms. The Morgan fingerprint density at radius 3 is 2.43 bits per heavy atom. The number of rotatable bonds is 4. The molecular formula is C12H19NO. The van der Waals surface area contributed by atoms with Crippen LogP contribution in [0, 0.1) is 0 Å². The molecule has 1 heterocycles. The van der Waals surface area contributed by atoms with Crippen molar-refractivity contribution in [3.63, 3.8) is 0 Å². The highest BCUT2D eigenvalue weighted by molar-refractivity contribution is 5.24. The zero-order valence-corrected chi connectivity index (χ0v) is 9.50. The van der Waals surface area contributed by atoms with E-state index in [0.717, 1.165) is 6.42 Å². The highest BCUT2D eigenvalue weighted by Gasteiger charge is 2.17. The predicted molar refractivity (Wildman–Crippen MR) is 58.7 cm³/mol. The van der Waals surface area contributed by atoms with E-state index in [1.54, 1.807) is 0 Å². The molecule has 0 aliphatic rings. The van der Waals surface area contributed by atoms with E-state index in [1.165, 1.54) is 5.56 Å². The van der Waals surface area contributed by atoms with E-state index in [9.17, 15) is 0 Å². The fraction of sp³-hybridized carbons (Fsp3) is 0.583. The van der Waals surface area contributed by atoms with Crippen molar-refractivity contribution < 1.29 is 4.74 Å². The summed E-state index contributed by atoms with van der Waals surface area (Å²) < 4.78 is 5.30. The van der Waals surface area contributed by atoms with E-state index in [-0.39, 0.29) is 5.41 Å². The van der Waals surface area contributed by atoms with Gasteiger partial charge in [-0.05, 0) is 24.3 Å². The van der Waals surface area contributed by atoms with Gasteiger partial charge in [0.2, 0.25) is 5.88 Å². The maximum Gasteiger partial charge on any atom is 0.213 e. The van der Waals surface area contributed by atoms with Crippen LogP contribution in [0.3, 0.4) is 0 Å². The van der Waals surface area contributed by atoms with Crippen LogP contribution in [0.15, 0.2) is 18.3 Å². The predicted octanol–water partition coefficient (Wildman–Crippen LogP) is 3.17. The summed E-state index contributed by atoms with van der Waals surface area (Å²) in [4.78, 5) is 4.26. The maximum atomic E-state index is 5.30. The molecule has 0 bridgehead atoms. The molecule has 0 atom stereocenters. The molecule has 0 aliphatic carbocycles. The quantitative estimate of drug-likeness (QED) is 0.732. The van der Waals surface area contributed by atoms with Gasteiger partial charge in [0.1, 0.15) is 0 Å². The molecule has 2 nitrogen and oxygen atoms in total. The van der Waals surface area contributed by atoms with Crippen LogP contribution >= 0.6 is 0 Å². The molecule has 1 aromatic rings. The van der Waals surface area contributed by atoms with E-state index < -0.39 is 0 Å². The first kappa shape index (κ1) is 11.0. The van der Waals surface area contributed by atoms with Crippen LogP contribution in [-0.2, 0) is 5.41 Å². The van der Waals surface area contributed by atoms with Gasteiger partial charge in [0, 0.05) is 12.3 Å². The topological polar surface area (TPSA) is 22.1 Å². The number of aromatic nitrogens is 1. The third-order valence-corrected chi connectivity index (χ3v) is 2.69. The van der Waals surface area contributed by atoms with Crippen molar-refractivity contribution in [3.05, 3.63) is 23.9 Å². The Morgan fingerprint density at radius 2 is 2.00 bits per heavy atom. The molecule has 1 rings (SSSR count). The van der Waals surface area contributed by atoms with Crippen molar-refractivity contribution in [1.82, 2.24) is 4.98 Å². The average molecular weight is 193 g/mol. The van der Waals surface area contributed by atoms with Crippen LogP contribution in [-0.4, -0.2) is 11.6 Å². The summed E-state index contributed by atoms with van der Waals surface area (Å²) in [6.07, 6.45) is 3.02. The molecule has 0 amide bonds. The Hall–Kier alpha value is -1.05. The monoisotopic (exact) mass is 193 g/mol. The normalized spacial score (nSPS) is 11.4. The third kappa shape index (κ3) is 2.47. The van der Waals surface area contributed by atoms with Gasteiger partial charge in [-0.15, -0.1) is 0 Å². The van der Waals surface area contributed by atoms with E-state index in [4.69, 9.17) is 4.74 Å². The first-order valence-corrected chi connectivity index (χ1v) is 5.19. The summed E-state index contributed by atoms with van der Waals surface area (Å²) >= 11 is 0. The van der Waals surface area contributed by atoms with Gasteiger partial charge in [-0.3, -0.25) is 0 Å². The molecule has 78 valence electrons. The van der Waals surface area contributed by atoms with E-state index in [2.05, 4.69) is 31.8 Å². The molecule has 0 N–H and O–H groups in total. The van der Waals surface area contributed by atoms with Crippen molar-refractivity contribution >= 4 is 0 Å². The van der Waals surface area contributed by atoms with Crippen LogP contribution in [0.1, 0.15) is 39.7 Å². The van der Waals surface area contributed by atoms with Gasteiger partial charge < -0.3 is 4.74 Å². The Morgan fingerprint density at radius 1 is 1.29 bits per heavy atom. The van der Waals surface area contributed by atoms with E-state index in [0.29, 0.717) is 12.5 Å². The first-order valence-electron chi connectivity index (χ1n) is 5.19. The number of ether oxygens (including phenoxy) is 1. The molecule has 0 aromatic carbocycles. The highest BCUT2D eigenvalue weighted by Crippen LogP contribution is 2.26. The van der Waals surface area contributed by atoms with Crippen molar-refractivity contribution in [2.24, 2.45) is 0 Å². The van der Waals surface area contributed by atoms with Gasteiger partial charge in [0.05, 0.1) is 6.61 Å². The van der Waals surface area contributed by atoms with Gasteiger partial charge in [-0.1, -0.05) is 26.8 Å². The lowest BCUT2D eigenvalue weighted by molar-refractivity contribution is 0.326. The van der Waals surface area contributed by atoms with Crippen LogP contribution in [0.2, 0.25) is 0 Å². The summed E-state index contributed by atoms with van der Waals surface area (Å²) in [7, 11) is 0. The molecule has 2 heteroatoms. The summed E-state index contributed by atoms with van der Waals surface area (Å²) in [5.74, 6) is 0.711. The van der Waals surface area contributed by atoms with Crippen LogP contribution in [0.25, 0.3) is 0 Å². The first-order chi connectivity index (χ1) is 6.60. The van der Waals surface area contributed by atoms with Gasteiger partial charge in [0.25, 0.3) is 0 Å².